The van der Waals surface area contributed by atoms with Gasteiger partial charge in [-0.3, -0.25) is 4.79 Å². The van der Waals surface area contributed by atoms with Gasteiger partial charge >= 0.3 is 0 Å². The molecule has 110 valence electrons. The molecule has 0 atom stereocenters. The fourth-order valence-electron chi connectivity index (χ4n) is 2.67. The number of ether oxygens (including phenoxy) is 1. The number of rotatable bonds is 3. The molecule has 2 heterocycles. The van der Waals surface area contributed by atoms with Crippen molar-refractivity contribution < 1.29 is 9.53 Å². The van der Waals surface area contributed by atoms with E-state index in [1.807, 2.05) is 6.08 Å². The minimum absolute atomic E-state index is 0.00922. The van der Waals surface area contributed by atoms with Crippen LogP contribution in [0, 0.1) is 4.91 Å². The maximum absolute atomic E-state index is 12.7. The van der Waals surface area contributed by atoms with E-state index in [9.17, 15) is 9.70 Å². The lowest BCUT2D eigenvalue weighted by atomic mass is 10.1. The summed E-state index contributed by atoms with van der Waals surface area (Å²) >= 11 is 0. The number of hydrogen-bond donors (Lipinski definition) is 0. The topological polar surface area (TPSA) is 62.2 Å². The van der Waals surface area contributed by atoms with Crippen molar-refractivity contribution in [3.05, 3.63) is 40.9 Å². The number of carbonyl (C=O) groups excluding carboxylic acids is 1. The molecule has 21 heavy (non-hydrogen) atoms. The van der Waals surface area contributed by atoms with Crippen molar-refractivity contribution in [2.45, 2.75) is 6.42 Å². The lowest BCUT2D eigenvalue weighted by Gasteiger charge is -2.35. The number of hydrogen-bond acceptors (Lipinski definition) is 5. The largest absolute Gasteiger partial charge is 0.378 e. The van der Waals surface area contributed by atoms with Crippen molar-refractivity contribution in [1.82, 2.24) is 4.90 Å². The Bertz CT molecular complexity index is 562. The van der Waals surface area contributed by atoms with Gasteiger partial charge in [-0.05, 0) is 35.9 Å². The highest BCUT2D eigenvalue weighted by atomic mass is 16.5. The molecule has 0 spiro atoms. The fraction of sp³-hybridized carbons (Fsp3) is 0.400. The Labute approximate surface area is 123 Å². The van der Waals surface area contributed by atoms with E-state index in [1.165, 1.54) is 0 Å². The van der Waals surface area contributed by atoms with Crippen LogP contribution in [0.2, 0.25) is 0 Å². The predicted octanol–water partition coefficient (Wildman–Crippen LogP) is 2.04. The van der Waals surface area contributed by atoms with Gasteiger partial charge < -0.3 is 14.5 Å². The molecule has 0 aromatic heterocycles. The first-order chi connectivity index (χ1) is 10.3. The van der Waals surface area contributed by atoms with E-state index in [4.69, 9.17) is 4.74 Å². The van der Waals surface area contributed by atoms with Crippen LogP contribution < -0.4 is 4.90 Å². The minimum Gasteiger partial charge on any atom is -0.378 e. The molecule has 1 aromatic rings. The van der Waals surface area contributed by atoms with Gasteiger partial charge in [0.15, 0.2) is 0 Å². The average Bonchev–Trinajstić information content (AvgIpc) is 2.56. The second-order valence-corrected chi connectivity index (χ2v) is 5.04. The molecule has 0 unspecified atom stereocenters. The SMILES string of the molecule is O=Nc1ccc(N2CCC=C(N3CCOCC3)C2=O)cc1. The smallest absolute Gasteiger partial charge is 0.274 e. The zero-order valence-corrected chi connectivity index (χ0v) is 11.7. The lowest BCUT2D eigenvalue weighted by Crippen LogP contribution is -2.45. The highest BCUT2D eigenvalue weighted by Crippen LogP contribution is 2.25. The van der Waals surface area contributed by atoms with Crippen LogP contribution in [-0.4, -0.2) is 43.7 Å². The number of anilines is 1. The molecular weight excluding hydrogens is 270 g/mol. The highest BCUT2D eigenvalue weighted by molar-refractivity contribution is 6.06. The van der Waals surface area contributed by atoms with Crippen LogP contribution in [0.3, 0.4) is 0 Å². The number of nitroso groups, excluding NO2 is 1. The first-order valence-corrected chi connectivity index (χ1v) is 7.08. The van der Waals surface area contributed by atoms with Crippen molar-refractivity contribution in [3.63, 3.8) is 0 Å². The number of morpholine rings is 1. The summed E-state index contributed by atoms with van der Waals surface area (Å²) in [5, 5.41) is 2.88. The van der Waals surface area contributed by atoms with E-state index in [1.54, 1.807) is 29.2 Å². The van der Waals surface area contributed by atoms with Crippen LogP contribution >= 0.6 is 0 Å². The van der Waals surface area contributed by atoms with E-state index < -0.39 is 0 Å². The van der Waals surface area contributed by atoms with Crippen LogP contribution in [-0.2, 0) is 9.53 Å². The summed E-state index contributed by atoms with van der Waals surface area (Å²) in [5.74, 6) is 0.00922. The number of benzene rings is 1. The van der Waals surface area contributed by atoms with Crippen molar-refractivity contribution >= 4 is 17.3 Å². The first kappa shape index (κ1) is 13.8. The van der Waals surface area contributed by atoms with Gasteiger partial charge in [0.2, 0.25) is 0 Å². The van der Waals surface area contributed by atoms with Gasteiger partial charge in [-0.1, -0.05) is 6.08 Å². The second-order valence-electron chi connectivity index (χ2n) is 5.04. The summed E-state index contributed by atoms with van der Waals surface area (Å²) in [6.45, 7) is 3.47. The van der Waals surface area contributed by atoms with Gasteiger partial charge in [0.25, 0.3) is 5.91 Å². The Morgan fingerprint density at radius 3 is 2.43 bits per heavy atom. The molecule has 0 saturated carbocycles. The molecule has 1 aromatic carbocycles. The van der Waals surface area contributed by atoms with E-state index in [0.29, 0.717) is 25.4 Å². The molecule has 6 nitrogen and oxygen atoms in total. The fourth-order valence-corrected chi connectivity index (χ4v) is 2.67. The maximum Gasteiger partial charge on any atom is 0.274 e. The molecule has 0 bridgehead atoms. The molecule has 1 amide bonds. The van der Waals surface area contributed by atoms with Crippen molar-refractivity contribution in [3.8, 4) is 0 Å². The molecule has 0 aliphatic carbocycles. The van der Waals surface area contributed by atoms with Gasteiger partial charge in [0, 0.05) is 25.3 Å². The van der Waals surface area contributed by atoms with E-state index in [2.05, 4.69) is 10.1 Å². The van der Waals surface area contributed by atoms with Crippen molar-refractivity contribution in [2.24, 2.45) is 5.18 Å². The summed E-state index contributed by atoms with van der Waals surface area (Å²) in [6.07, 6.45) is 2.83. The summed E-state index contributed by atoms with van der Waals surface area (Å²) in [4.78, 5) is 27.0. The monoisotopic (exact) mass is 287 g/mol. The molecule has 2 aliphatic rings. The normalized spacial score (nSPS) is 19.4. The van der Waals surface area contributed by atoms with Crippen LogP contribution in [0.1, 0.15) is 6.42 Å². The molecule has 0 radical (unpaired) electrons. The third-order valence-electron chi connectivity index (χ3n) is 3.77. The van der Waals surface area contributed by atoms with Crippen LogP contribution in [0.5, 0.6) is 0 Å². The quantitative estimate of drug-likeness (QED) is 0.798. The standard InChI is InChI=1S/C15H17N3O3/c19-15-14(17-8-10-21-11-9-17)2-1-7-18(15)13-5-3-12(16-20)4-6-13/h2-6H,1,7-11H2. The Morgan fingerprint density at radius 2 is 1.76 bits per heavy atom. The Morgan fingerprint density at radius 1 is 1.05 bits per heavy atom. The van der Waals surface area contributed by atoms with Crippen LogP contribution in [0.4, 0.5) is 11.4 Å². The Hall–Kier alpha value is -2.21. The summed E-state index contributed by atoms with van der Waals surface area (Å²) in [6, 6.07) is 6.78. The molecule has 2 aliphatic heterocycles. The molecule has 0 N–H and O–H groups in total. The number of nitrogens with zero attached hydrogens (tertiary/aromatic N) is 3. The second kappa shape index (κ2) is 6.05. The minimum atomic E-state index is 0.00922. The third kappa shape index (κ3) is 2.80. The summed E-state index contributed by atoms with van der Waals surface area (Å²) in [5.41, 5.74) is 1.92. The molecule has 6 heteroatoms. The van der Waals surface area contributed by atoms with Crippen molar-refractivity contribution in [2.75, 3.05) is 37.7 Å². The van der Waals surface area contributed by atoms with Crippen molar-refractivity contribution in [1.29, 1.82) is 0 Å². The summed E-state index contributed by atoms with van der Waals surface area (Å²) < 4.78 is 5.33. The van der Waals surface area contributed by atoms with Gasteiger partial charge in [-0.25, -0.2) is 0 Å². The van der Waals surface area contributed by atoms with Gasteiger partial charge in [-0.15, -0.1) is 4.91 Å². The van der Waals surface area contributed by atoms with Crippen LogP contribution in [0.25, 0.3) is 0 Å². The molecule has 1 fully saturated rings. The predicted molar refractivity (Wildman–Crippen MR) is 79.3 cm³/mol. The number of carbonyl (C=O) groups is 1. The Kier molecular flexibility index (Phi) is 3.96. The van der Waals surface area contributed by atoms with Gasteiger partial charge in [0.1, 0.15) is 5.69 Å². The maximum atomic E-state index is 12.7. The highest BCUT2D eigenvalue weighted by Gasteiger charge is 2.28. The van der Waals surface area contributed by atoms with Gasteiger partial charge in [-0.2, -0.15) is 0 Å². The van der Waals surface area contributed by atoms with E-state index >= 15 is 0 Å². The zero-order chi connectivity index (χ0) is 14.7. The molecule has 1 saturated heterocycles. The first-order valence-electron chi connectivity index (χ1n) is 7.08. The average molecular weight is 287 g/mol. The Balaban J connectivity index is 1.79. The van der Waals surface area contributed by atoms with E-state index in [-0.39, 0.29) is 5.91 Å². The lowest BCUT2D eigenvalue weighted by molar-refractivity contribution is -0.117. The summed E-state index contributed by atoms with van der Waals surface area (Å²) in [7, 11) is 0. The number of amides is 1. The zero-order valence-electron chi connectivity index (χ0n) is 11.7. The molecule has 3 rings (SSSR count). The van der Waals surface area contributed by atoms with Crippen LogP contribution in [0.15, 0.2) is 41.2 Å². The third-order valence-corrected chi connectivity index (χ3v) is 3.77. The molecular formula is C15H17N3O3. The van der Waals surface area contributed by atoms with E-state index in [0.717, 1.165) is 30.9 Å². The van der Waals surface area contributed by atoms with Gasteiger partial charge in [0.05, 0.1) is 18.9 Å².